The number of aryl methyl sites for hydroxylation is 1. The van der Waals surface area contributed by atoms with Crippen molar-refractivity contribution in [2.24, 2.45) is 0 Å². The predicted octanol–water partition coefficient (Wildman–Crippen LogP) is 2.84. The number of anilines is 1. The van der Waals surface area contributed by atoms with Gasteiger partial charge in [0.15, 0.2) is 5.13 Å². The molecule has 0 unspecified atom stereocenters. The van der Waals surface area contributed by atoms with Gasteiger partial charge in [0, 0.05) is 30.5 Å². The lowest BCUT2D eigenvalue weighted by atomic mass is 10.1. The summed E-state index contributed by atoms with van der Waals surface area (Å²) in [6.45, 7) is 2.83. The van der Waals surface area contributed by atoms with Crippen molar-refractivity contribution in [2.45, 2.75) is 26.2 Å². The van der Waals surface area contributed by atoms with Gasteiger partial charge in [0.1, 0.15) is 0 Å². The number of hydrogen-bond acceptors (Lipinski definition) is 4. The topological polar surface area (TPSA) is 54.0 Å². The Balaban J connectivity index is 1.94. The van der Waals surface area contributed by atoms with Crippen LogP contribution in [0.1, 0.15) is 29.3 Å². The quantitative estimate of drug-likeness (QED) is 0.827. The number of aromatic nitrogens is 1. The molecule has 0 aliphatic rings. The largest absolute Gasteiger partial charge is 0.319 e. The molecule has 4 nitrogen and oxygen atoms in total. The Morgan fingerprint density at radius 1 is 1.33 bits per heavy atom. The van der Waals surface area contributed by atoms with E-state index in [1.807, 2.05) is 13.2 Å². The molecule has 5 heteroatoms. The van der Waals surface area contributed by atoms with Crippen LogP contribution < -0.4 is 10.6 Å². The van der Waals surface area contributed by atoms with Gasteiger partial charge in [0.25, 0.3) is 0 Å². The van der Waals surface area contributed by atoms with Crippen LogP contribution in [0.15, 0.2) is 30.5 Å². The number of carbonyl (C=O) groups excluding carboxylic acids is 1. The fourth-order valence-corrected chi connectivity index (χ4v) is 2.89. The zero-order chi connectivity index (χ0) is 15.1. The Kier molecular flexibility index (Phi) is 5.90. The van der Waals surface area contributed by atoms with E-state index in [1.165, 1.54) is 22.5 Å². The molecule has 0 radical (unpaired) electrons. The molecule has 0 aliphatic carbocycles. The Labute approximate surface area is 129 Å². The maximum absolute atomic E-state index is 11.6. The molecular weight excluding hydrogens is 282 g/mol. The van der Waals surface area contributed by atoms with Crippen LogP contribution in [0.25, 0.3) is 0 Å². The second-order valence-electron chi connectivity index (χ2n) is 4.88. The molecule has 2 N–H and O–H groups in total. The molecule has 2 aromatic rings. The SMILES string of the molecule is CCc1cccc(Cc2cnc(NC(=O)CCNC)s2)c1. The standard InChI is InChI=1S/C16H21N3OS/c1-3-12-5-4-6-13(9-12)10-14-11-18-16(21-14)19-15(20)7-8-17-2/h4-6,9,11,17H,3,7-8,10H2,1-2H3,(H,18,19,20). The van der Waals surface area contributed by atoms with Gasteiger partial charge in [-0.3, -0.25) is 4.79 Å². The predicted molar refractivity (Wildman–Crippen MR) is 87.9 cm³/mol. The van der Waals surface area contributed by atoms with Gasteiger partial charge in [0.05, 0.1) is 0 Å². The zero-order valence-corrected chi connectivity index (χ0v) is 13.3. The average Bonchev–Trinajstić information content (AvgIpc) is 2.92. The van der Waals surface area contributed by atoms with Crippen molar-refractivity contribution in [3.63, 3.8) is 0 Å². The van der Waals surface area contributed by atoms with Gasteiger partial charge >= 0.3 is 0 Å². The van der Waals surface area contributed by atoms with E-state index < -0.39 is 0 Å². The van der Waals surface area contributed by atoms with E-state index in [4.69, 9.17) is 0 Å². The van der Waals surface area contributed by atoms with E-state index in [2.05, 4.69) is 46.8 Å². The highest BCUT2D eigenvalue weighted by atomic mass is 32.1. The summed E-state index contributed by atoms with van der Waals surface area (Å²) in [6.07, 6.45) is 4.21. The van der Waals surface area contributed by atoms with E-state index in [0.29, 0.717) is 18.1 Å². The highest BCUT2D eigenvalue weighted by molar-refractivity contribution is 7.15. The summed E-state index contributed by atoms with van der Waals surface area (Å²) < 4.78 is 0. The van der Waals surface area contributed by atoms with Crippen molar-refractivity contribution in [3.8, 4) is 0 Å². The highest BCUT2D eigenvalue weighted by Gasteiger charge is 2.07. The van der Waals surface area contributed by atoms with Crippen LogP contribution in [-0.4, -0.2) is 24.5 Å². The molecule has 21 heavy (non-hydrogen) atoms. The summed E-state index contributed by atoms with van der Waals surface area (Å²) in [5.41, 5.74) is 2.63. The third-order valence-electron chi connectivity index (χ3n) is 3.18. The summed E-state index contributed by atoms with van der Waals surface area (Å²) in [6, 6.07) is 8.59. The lowest BCUT2D eigenvalue weighted by Gasteiger charge is -2.02. The smallest absolute Gasteiger partial charge is 0.227 e. The fraction of sp³-hybridized carbons (Fsp3) is 0.375. The monoisotopic (exact) mass is 303 g/mol. The normalized spacial score (nSPS) is 10.6. The van der Waals surface area contributed by atoms with Crippen LogP contribution in [0, 0.1) is 0 Å². The van der Waals surface area contributed by atoms with E-state index in [1.54, 1.807) is 0 Å². The third-order valence-corrected chi connectivity index (χ3v) is 4.09. The molecule has 0 aliphatic heterocycles. The minimum Gasteiger partial charge on any atom is -0.319 e. The first-order chi connectivity index (χ1) is 10.2. The number of thiazole rings is 1. The Morgan fingerprint density at radius 2 is 2.14 bits per heavy atom. The van der Waals surface area contributed by atoms with Gasteiger partial charge in [-0.25, -0.2) is 4.98 Å². The van der Waals surface area contributed by atoms with Gasteiger partial charge in [-0.1, -0.05) is 31.2 Å². The van der Waals surface area contributed by atoms with Crippen LogP contribution >= 0.6 is 11.3 Å². The molecule has 112 valence electrons. The molecule has 0 spiro atoms. The summed E-state index contributed by atoms with van der Waals surface area (Å²) in [5.74, 6) is -0.00164. The molecule has 2 rings (SSSR count). The molecule has 1 aromatic carbocycles. The molecule has 1 heterocycles. The van der Waals surface area contributed by atoms with E-state index in [9.17, 15) is 4.79 Å². The first kappa shape index (κ1) is 15.7. The van der Waals surface area contributed by atoms with Crippen LogP contribution in [0.5, 0.6) is 0 Å². The molecule has 0 fully saturated rings. The first-order valence-corrected chi connectivity index (χ1v) is 8.00. The molecule has 0 atom stereocenters. The number of rotatable bonds is 7. The van der Waals surface area contributed by atoms with Crippen LogP contribution in [0.2, 0.25) is 0 Å². The van der Waals surface area contributed by atoms with Crippen LogP contribution in [-0.2, 0) is 17.6 Å². The van der Waals surface area contributed by atoms with Gasteiger partial charge in [-0.15, -0.1) is 11.3 Å². The number of nitrogens with one attached hydrogen (secondary N) is 2. The molecular formula is C16H21N3OS. The zero-order valence-electron chi connectivity index (χ0n) is 12.5. The summed E-state index contributed by atoms with van der Waals surface area (Å²) in [5, 5.41) is 6.47. The summed E-state index contributed by atoms with van der Waals surface area (Å²) >= 11 is 1.54. The fourth-order valence-electron chi connectivity index (χ4n) is 2.03. The average molecular weight is 303 g/mol. The number of amides is 1. The van der Waals surface area contributed by atoms with Crippen molar-refractivity contribution < 1.29 is 4.79 Å². The Morgan fingerprint density at radius 3 is 2.90 bits per heavy atom. The van der Waals surface area contributed by atoms with Gasteiger partial charge in [-0.05, 0) is 24.6 Å². The first-order valence-electron chi connectivity index (χ1n) is 7.18. The highest BCUT2D eigenvalue weighted by Crippen LogP contribution is 2.21. The molecule has 0 saturated carbocycles. The molecule has 0 bridgehead atoms. The van der Waals surface area contributed by atoms with E-state index >= 15 is 0 Å². The minimum absolute atomic E-state index is 0.00164. The summed E-state index contributed by atoms with van der Waals surface area (Å²) in [7, 11) is 1.83. The maximum Gasteiger partial charge on any atom is 0.227 e. The van der Waals surface area contributed by atoms with Crippen LogP contribution in [0.4, 0.5) is 5.13 Å². The van der Waals surface area contributed by atoms with Crippen molar-refractivity contribution in [2.75, 3.05) is 18.9 Å². The van der Waals surface area contributed by atoms with Crippen molar-refractivity contribution in [3.05, 3.63) is 46.5 Å². The van der Waals surface area contributed by atoms with Gasteiger partial charge in [0.2, 0.25) is 5.91 Å². The van der Waals surface area contributed by atoms with Crippen molar-refractivity contribution in [1.82, 2.24) is 10.3 Å². The van der Waals surface area contributed by atoms with Crippen molar-refractivity contribution in [1.29, 1.82) is 0 Å². The molecule has 0 saturated heterocycles. The van der Waals surface area contributed by atoms with E-state index in [-0.39, 0.29) is 5.91 Å². The number of hydrogen-bond donors (Lipinski definition) is 2. The lowest BCUT2D eigenvalue weighted by Crippen LogP contribution is -2.18. The number of nitrogens with zero attached hydrogens (tertiary/aromatic N) is 1. The van der Waals surface area contributed by atoms with Gasteiger partial charge in [-0.2, -0.15) is 0 Å². The van der Waals surface area contributed by atoms with Crippen LogP contribution in [0.3, 0.4) is 0 Å². The summed E-state index contributed by atoms with van der Waals surface area (Å²) in [4.78, 5) is 17.1. The second-order valence-corrected chi connectivity index (χ2v) is 6.00. The maximum atomic E-state index is 11.6. The molecule has 1 amide bonds. The van der Waals surface area contributed by atoms with Crippen molar-refractivity contribution >= 4 is 22.4 Å². The van der Waals surface area contributed by atoms with Gasteiger partial charge < -0.3 is 10.6 Å². The minimum atomic E-state index is -0.00164. The Bertz CT molecular complexity index is 595. The number of carbonyl (C=O) groups is 1. The number of benzene rings is 1. The van der Waals surface area contributed by atoms with E-state index in [0.717, 1.165) is 17.7 Å². The second kappa shape index (κ2) is 7.90. The lowest BCUT2D eigenvalue weighted by molar-refractivity contribution is -0.116. The molecule has 1 aromatic heterocycles. The third kappa shape index (κ3) is 4.95. The Hall–Kier alpha value is -1.72.